The van der Waals surface area contributed by atoms with Crippen LogP contribution in [0, 0.1) is 12.7 Å². The second-order valence-corrected chi connectivity index (χ2v) is 7.34. The number of nitrogens with one attached hydrogen (secondary N) is 1. The van der Waals surface area contributed by atoms with Gasteiger partial charge in [0.2, 0.25) is 0 Å². The Labute approximate surface area is 165 Å². The molecule has 0 unspecified atom stereocenters. The van der Waals surface area contributed by atoms with Crippen LogP contribution < -0.4 is 5.32 Å². The van der Waals surface area contributed by atoms with Crippen LogP contribution in [0.1, 0.15) is 39.6 Å². The topological polar surface area (TPSA) is 46.9 Å². The van der Waals surface area contributed by atoms with Crippen LogP contribution in [-0.4, -0.2) is 15.7 Å². The number of aryl methyl sites for hydroxylation is 2. The van der Waals surface area contributed by atoms with Gasteiger partial charge in [0.15, 0.2) is 0 Å². The Morgan fingerprint density at radius 1 is 1.22 bits per heavy atom. The molecule has 1 aromatic heterocycles. The fourth-order valence-electron chi connectivity index (χ4n) is 3.48. The Morgan fingerprint density at radius 3 is 2.70 bits per heavy atom. The molecule has 0 spiro atoms. The van der Waals surface area contributed by atoms with Crippen LogP contribution in [0.2, 0.25) is 10.2 Å². The maximum Gasteiger partial charge on any atom is 0.256 e. The van der Waals surface area contributed by atoms with Crippen molar-refractivity contribution in [3.05, 3.63) is 80.8 Å². The summed E-state index contributed by atoms with van der Waals surface area (Å²) in [6, 6.07) is 11.4. The summed E-state index contributed by atoms with van der Waals surface area (Å²) < 4.78 is 14.6. The molecule has 0 saturated heterocycles. The first kappa shape index (κ1) is 18.0. The third-order valence-electron chi connectivity index (χ3n) is 4.79. The van der Waals surface area contributed by atoms with Gasteiger partial charge in [-0.15, -0.1) is 0 Å². The number of hydrogen-bond donors (Lipinski definition) is 1. The number of benzene rings is 2. The molecular formula is C20H16Cl2FN3O. The molecule has 7 heteroatoms. The van der Waals surface area contributed by atoms with E-state index in [4.69, 9.17) is 23.2 Å². The van der Waals surface area contributed by atoms with Gasteiger partial charge in [0.25, 0.3) is 5.91 Å². The standard InChI is InChI=1S/C20H16Cl2FN3O/c1-11-18(19(22)26(25-11)15-6-4-14(23)5-7-15)20(27)24-17-9-2-12-10-13(21)3-8-16(12)17/h3-8,10,17H,2,9H2,1H3,(H,24,27)/t17-/m1/s1. The van der Waals surface area contributed by atoms with E-state index in [1.165, 1.54) is 16.8 Å². The van der Waals surface area contributed by atoms with E-state index in [0.717, 1.165) is 24.0 Å². The molecule has 1 N–H and O–H groups in total. The molecule has 1 atom stereocenters. The van der Waals surface area contributed by atoms with Crippen LogP contribution in [0.4, 0.5) is 4.39 Å². The fourth-order valence-corrected chi connectivity index (χ4v) is 4.03. The van der Waals surface area contributed by atoms with Crippen molar-refractivity contribution in [1.29, 1.82) is 0 Å². The van der Waals surface area contributed by atoms with Crippen molar-refractivity contribution in [2.24, 2.45) is 0 Å². The van der Waals surface area contributed by atoms with Gasteiger partial charge in [0, 0.05) is 5.02 Å². The summed E-state index contributed by atoms with van der Waals surface area (Å²) in [5.41, 5.74) is 3.65. The van der Waals surface area contributed by atoms with E-state index in [2.05, 4.69) is 10.4 Å². The van der Waals surface area contributed by atoms with Crippen molar-refractivity contribution in [3.8, 4) is 5.69 Å². The number of halogens is 3. The van der Waals surface area contributed by atoms with Crippen LogP contribution >= 0.6 is 23.2 Å². The summed E-state index contributed by atoms with van der Waals surface area (Å²) in [6.45, 7) is 1.73. The van der Waals surface area contributed by atoms with Gasteiger partial charge >= 0.3 is 0 Å². The molecule has 27 heavy (non-hydrogen) atoms. The van der Waals surface area contributed by atoms with Gasteiger partial charge in [0.05, 0.1) is 23.0 Å². The maximum atomic E-state index is 13.2. The van der Waals surface area contributed by atoms with Crippen molar-refractivity contribution in [2.75, 3.05) is 0 Å². The summed E-state index contributed by atoms with van der Waals surface area (Å²) in [5, 5.41) is 8.29. The first-order valence-electron chi connectivity index (χ1n) is 8.54. The van der Waals surface area contributed by atoms with Crippen LogP contribution in [0.15, 0.2) is 42.5 Å². The van der Waals surface area contributed by atoms with Crippen molar-refractivity contribution >= 4 is 29.1 Å². The smallest absolute Gasteiger partial charge is 0.256 e. The van der Waals surface area contributed by atoms with Crippen LogP contribution in [-0.2, 0) is 6.42 Å². The first-order valence-corrected chi connectivity index (χ1v) is 9.30. The molecule has 4 nitrogen and oxygen atoms in total. The number of rotatable bonds is 3. The fraction of sp³-hybridized carbons (Fsp3) is 0.200. The minimum Gasteiger partial charge on any atom is -0.345 e. The second kappa shape index (κ2) is 6.98. The summed E-state index contributed by atoms with van der Waals surface area (Å²) in [5.74, 6) is -0.629. The molecule has 1 heterocycles. The van der Waals surface area contributed by atoms with Crippen molar-refractivity contribution in [1.82, 2.24) is 15.1 Å². The zero-order valence-electron chi connectivity index (χ0n) is 14.5. The van der Waals surface area contributed by atoms with E-state index in [1.54, 1.807) is 19.1 Å². The zero-order chi connectivity index (χ0) is 19.1. The van der Waals surface area contributed by atoms with E-state index in [9.17, 15) is 9.18 Å². The number of aromatic nitrogens is 2. The molecule has 0 radical (unpaired) electrons. The largest absolute Gasteiger partial charge is 0.345 e. The Hall–Kier alpha value is -2.37. The SMILES string of the molecule is Cc1nn(-c2ccc(F)cc2)c(Cl)c1C(=O)N[C@@H]1CCc2cc(Cl)ccc21. The number of amides is 1. The predicted molar refractivity (Wildman–Crippen MR) is 103 cm³/mol. The van der Waals surface area contributed by atoms with Gasteiger partial charge in [-0.25, -0.2) is 9.07 Å². The highest BCUT2D eigenvalue weighted by molar-refractivity contribution is 6.33. The highest BCUT2D eigenvalue weighted by Gasteiger charge is 2.27. The molecule has 0 bridgehead atoms. The minimum atomic E-state index is -0.350. The highest BCUT2D eigenvalue weighted by atomic mass is 35.5. The normalized spacial score (nSPS) is 15.6. The van der Waals surface area contributed by atoms with E-state index >= 15 is 0 Å². The Kier molecular flexibility index (Phi) is 4.66. The molecule has 3 aromatic rings. The lowest BCUT2D eigenvalue weighted by Gasteiger charge is -2.14. The van der Waals surface area contributed by atoms with Gasteiger partial charge in [0.1, 0.15) is 11.0 Å². The Balaban J connectivity index is 1.61. The monoisotopic (exact) mass is 403 g/mol. The molecule has 0 saturated carbocycles. The zero-order valence-corrected chi connectivity index (χ0v) is 16.0. The van der Waals surface area contributed by atoms with Crippen molar-refractivity contribution in [3.63, 3.8) is 0 Å². The molecule has 2 aromatic carbocycles. The molecular weight excluding hydrogens is 388 g/mol. The quantitative estimate of drug-likeness (QED) is 0.665. The van der Waals surface area contributed by atoms with E-state index in [0.29, 0.717) is 22.0 Å². The minimum absolute atomic E-state index is 0.0885. The van der Waals surface area contributed by atoms with Gasteiger partial charge < -0.3 is 5.32 Å². The maximum absolute atomic E-state index is 13.2. The molecule has 1 aliphatic rings. The molecule has 0 fully saturated rings. The second-order valence-electron chi connectivity index (χ2n) is 6.55. The number of fused-ring (bicyclic) bond motifs is 1. The van der Waals surface area contributed by atoms with Gasteiger partial charge in [-0.1, -0.05) is 29.3 Å². The molecule has 0 aliphatic heterocycles. The number of hydrogen-bond acceptors (Lipinski definition) is 2. The molecule has 4 rings (SSSR count). The van der Waals surface area contributed by atoms with Crippen LogP contribution in [0.5, 0.6) is 0 Å². The third-order valence-corrected chi connectivity index (χ3v) is 5.37. The number of carbonyl (C=O) groups is 1. The Morgan fingerprint density at radius 2 is 1.96 bits per heavy atom. The average molecular weight is 404 g/mol. The van der Waals surface area contributed by atoms with Gasteiger partial charge in [-0.05, 0) is 67.3 Å². The summed E-state index contributed by atoms with van der Waals surface area (Å²) in [6.07, 6.45) is 1.67. The lowest BCUT2D eigenvalue weighted by Crippen LogP contribution is -2.27. The molecule has 138 valence electrons. The third kappa shape index (κ3) is 3.33. The van der Waals surface area contributed by atoms with E-state index in [-0.39, 0.29) is 22.9 Å². The number of carbonyl (C=O) groups excluding carboxylic acids is 1. The summed E-state index contributed by atoms with van der Waals surface area (Å²) in [4.78, 5) is 12.9. The first-order chi connectivity index (χ1) is 12.9. The lowest BCUT2D eigenvalue weighted by molar-refractivity contribution is 0.0936. The van der Waals surface area contributed by atoms with Gasteiger partial charge in [-0.2, -0.15) is 5.10 Å². The summed E-state index contributed by atoms with van der Waals surface area (Å²) >= 11 is 12.5. The van der Waals surface area contributed by atoms with E-state index in [1.807, 2.05) is 18.2 Å². The lowest BCUT2D eigenvalue weighted by atomic mass is 10.1. The molecule has 1 aliphatic carbocycles. The van der Waals surface area contributed by atoms with E-state index < -0.39 is 0 Å². The van der Waals surface area contributed by atoms with Gasteiger partial charge in [-0.3, -0.25) is 4.79 Å². The average Bonchev–Trinajstić information content (AvgIpc) is 3.15. The van der Waals surface area contributed by atoms with Crippen molar-refractivity contribution < 1.29 is 9.18 Å². The highest BCUT2D eigenvalue weighted by Crippen LogP contribution is 2.33. The van der Waals surface area contributed by atoms with Crippen molar-refractivity contribution in [2.45, 2.75) is 25.8 Å². The molecule has 1 amide bonds. The Bertz CT molecular complexity index is 1030. The predicted octanol–water partition coefficient (Wildman–Crippen LogP) is 5.04. The van der Waals surface area contributed by atoms with Crippen LogP contribution in [0.25, 0.3) is 5.69 Å². The summed E-state index contributed by atoms with van der Waals surface area (Å²) in [7, 11) is 0. The number of nitrogens with zero attached hydrogens (tertiary/aromatic N) is 2. The van der Waals surface area contributed by atoms with Crippen LogP contribution in [0.3, 0.4) is 0 Å².